The Morgan fingerprint density at radius 1 is 1.41 bits per heavy atom. The first-order valence-electron chi connectivity index (χ1n) is 6.88. The number of aromatic nitrogens is 3. The normalized spacial score (nSPS) is 16.3. The summed E-state index contributed by atoms with van der Waals surface area (Å²) in [7, 11) is 0. The third-order valence-electron chi connectivity index (χ3n) is 3.33. The van der Waals surface area contributed by atoms with Gasteiger partial charge in [0, 0.05) is 17.1 Å². The van der Waals surface area contributed by atoms with E-state index in [2.05, 4.69) is 20.7 Å². The van der Waals surface area contributed by atoms with Gasteiger partial charge in [-0.2, -0.15) is 10.1 Å². The van der Waals surface area contributed by atoms with Gasteiger partial charge in [-0.1, -0.05) is 18.5 Å². The maximum Gasteiger partial charge on any atom is 0.252 e. The highest BCUT2D eigenvalue weighted by molar-refractivity contribution is 6.30. The molecule has 0 saturated carbocycles. The van der Waals surface area contributed by atoms with Crippen LogP contribution in [0, 0.1) is 0 Å². The Hall–Kier alpha value is -2.41. The molecule has 1 atom stereocenters. The smallest absolute Gasteiger partial charge is 0.252 e. The highest BCUT2D eigenvalue weighted by atomic mass is 35.5. The quantitative estimate of drug-likeness (QED) is 0.902. The average Bonchev–Trinajstić information content (AvgIpc) is 3.00. The van der Waals surface area contributed by atoms with Gasteiger partial charge in [0.15, 0.2) is 5.82 Å². The molecule has 7 nitrogen and oxygen atoms in total. The molecule has 0 fully saturated rings. The number of benzene rings is 1. The van der Waals surface area contributed by atoms with Crippen molar-refractivity contribution in [3.63, 3.8) is 0 Å². The molecule has 2 amide bonds. The van der Waals surface area contributed by atoms with E-state index >= 15 is 0 Å². The summed E-state index contributed by atoms with van der Waals surface area (Å²) in [6, 6.07) is 6.09. The number of aryl methyl sites for hydroxylation is 1. The van der Waals surface area contributed by atoms with Gasteiger partial charge in [0.2, 0.25) is 11.9 Å². The van der Waals surface area contributed by atoms with E-state index in [4.69, 9.17) is 11.6 Å². The minimum Gasteiger partial charge on any atom is -0.326 e. The molecule has 1 aliphatic heterocycles. The van der Waals surface area contributed by atoms with E-state index < -0.39 is 6.04 Å². The summed E-state index contributed by atoms with van der Waals surface area (Å²) in [6.07, 6.45) is 0.660. The average molecular weight is 320 g/mol. The first kappa shape index (κ1) is 14.5. The lowest BCUT2D eigenvalue weighted by atomic mass is 10.2. The Balaban J connectivity index is 1.70. The molecule has 0 bridgehead atoms. The summed E-state index contributed by atoms with van der Waals surface area (Å²) in [5.41, 5.74) is 0.626. The number of carbonyl (C=O) groups excluding carboxylic acids is 2. The van der Waals surface area contributed by atoms with E-state index in [1.165, 1.54) is 4.68 Å². The number of nitrogens with zero attached hydrogens (tertiary/aromatic N) is 3. The van der Waals surface area contributed by atoms with Crippen LogP contribution in [0.3, 0.4) is 0 Å². The molecule has 0 spiro atoms. The van der Waals surface area contributed by atoms with Gasteiger partial charge < -0.3 is 5.32 Å². The van der Waals surface area contributed by atoms with Crippen LogP contribution in [0.2, 0.25) is 5.02 Å². The largest absolute Gasteiger partial charge is 0.326 e. The van der Waals surface area contributed by atoms with Gasteiger partial charge in [-0.25, -0.2) is 4.68 Å². The van der Waals surface area contributed by atoms with Gasteiger partial charge in [0.25, 0.3) is 5.91 Å². The fourth-order valence-electron chi connectivity index (χ4n) is 2.22. The van der Waals surface area contributed by atoms with Gasteiger partial charge in [0.05, 0.1) is 6.42 Å². The second-order valence-corrected chi connectivity index (χ2v) is 5.35. The molecule has 1 aliphatic rings. The molecule has 1 unspecified atom stereocenters. The van der Waals surface area contributed by atoms with Crippen LogP contribution in [-0.4, -0.2) is 26.6 Å². The molecule has 3 rings (SSSR count). The van der Waals surface area contributed by atoms with Crippen molar-refractivity contribution < 1.29 is 9.59 Å². The van der Waals surface area contributed by atoms with Crippen molar-refractivity contribution in [2.45, 2.75) is 25.8 Å². The summed E-state index contributed by atoms with van der Waals surface area (Å²) in [5.74, 6) is 0.483. The van der Waals surface area contributed by atoms with E-state index in [9.17, 15) is 9.59 Å². The number of amides is 2. The van der Waals surface area contributed by atoms with Crippen molar-refractivity contribution in [3.8, 4) is 0 Å². The van der Waals surface area contributed by atoms with E-state index in [0.717, 1.165) is 0 Å². The number of fused-ring (bicyclic) bond motifs is 1. The van der Waals surface area contributed by atoms with Crippen LogP contribution >= 0.6 is 11.6 Å². The molecule has 2 N–H and O–H groups in total. The number of carbonyl (C=O) groups is 2. The zero-order valence-corrected chi connectivity index (χ0v) is 12.6. The fraction of sp³-hybridized carbons (Fsp3) is 0.286. The monoisotopic (exact) mass is 319 g/mol. The molecule has 8 heteroatoms. The van der Waals surface area contributed by atoms with Crippen molar-refractivity contribution in [2.24, 2.45) is 0 Å². The fourth-order valence-corrected chi connectivity index (χ4v) is 2.35. The number of hydrogen-bond acceptors (Lipinski definition) is 4. The molecule has 2 aromatic rings. The number of nitrogens with one attached hydrogen (secondary N) is 2. The molecule has 114 valence electrons. The molecule has 22 heavy (non-hydrogen) atoms. The van der Waals surface area contributed by atoms with Crippen molar-refractivity contribution >= 4 is 35.1 Å². The molecule has 1 aromatic heterocycles. The Morgan fingerprint density at radius 3 is 2.82 bits per heavy atom. The van der Waals surface area contributed by atoms with Gasteiger partial charge in [-0.05, 0) is 24.3 Å². The Bertz CT molecular complexity index is 725. The topological polar surface area (TPSA) is 88.9 Å². The number of halogens is 1. The summed E-state index contributed by atoms with van der Waals surface area (Å²) >= 11 is 5.79. The van der Waals surface area contributed by atoms with E-state index in [0.29, 0.717) is 28.9 Å². The van der Waals surface area contributed by atoms with Crippen LogP contribution in [0.4, 0.5) is 11.6 Å². The van der Waals surface area contributed by atoms with Crippen LogP contribution < -0.4 is 10.6 Å². The summed E-state index contributed by atoms with van der Waals surface area (Å²) in [5, 5.41) is 10.2. The minimum atomic E-state index is -0.671. The number of anilines is 2. The second kappa shape index (κ2) is 5.76. The first-order chi connectivity index (χ1) is 10.6. The van der Waals surface area contributed by atoms with Gasteiger partial charge >= 0.3 is 0 Å². The Morgan fingerprint density at radius 2 is 2.14 bits per heavy atom. The zero-order chi connectivity index (χ0) is 15.7. The lowest BCUT2D eigenvalue weighted by Crippen LogP contribution is -2.23. The van der Waals surface area contributed by atoms with E-state index in [-0.39, 0.29) is 18.2 Å². The zero-order valence-electron chi connectivity index (χ0n) is 11.8. The van der Waals surface area contributed by atoms with Crippen molar-refractivity contribution in [3.05, 3.63) is 35.1 Å². The third-order valence-corrected chi connectivity index (χ3v) is 3.58. The predicted molar refractivity (Wildman–Crippen MR) is 81.8 cm³/mol. The summed E-state index contributed by atoms with van der Waals surface area (Å²) in [6.45, 7) is 1.93. The third kappa shape index (κ3) is 2.80. The van der Waals surface area contributed by atoms with Crippen LogP contribution in [-0.2, 0) is 16.0 Å². The van der Waals surface area contributed by atoms with Crippen molar-refractivity contribution in [1.29, 1.82) is 0 Å². The van der Waals surface area contributed by atoms with E-state index in [1.807, 2.05) is 6.92 Å². The summed E-state index contributed by atoms with van der Waals surface area (Å²) in [4.78, 5) is 28.2. The first-order valence-corrected chi connectivity index (χ1v) is 7.26. The minimum absolute atomic E-state index is 0.00598. The van der Waals surface area contributed by atoms with Gasteiger partial charge in [0.1, 0.15) is 6.04 Å². The predicted octanol–water partition coefficient (Wildman–Crippen LogP) is 2.02. The highest BCUT2D eigenvalue weighted by Gasteiger charge is 2.34. The maximum absolute atomic E-state index is 12.1. The van der Waals surface area contributed by atoms with Crippen LogP contribution in [0.25, 0.3) is 0 Å². The lowest BCUT2D eigenvalue weighted by molar-refractivity contribution is -0.123. The van der Waals surface area contributed by atoms with Gasteiger partial charge in [-0.15, -0.1) is 0 Å². The molecular formula is C14H14ClN5O2. The molecule has 2 heterocycles. The van der Waals surface area contributed by atoms with Crippen molar-refractivity contribution in [2.75, 3.05) is 10.6 Å². The molecular weight excluding hydrogens is 306 g/mol. The standard InChI is InChI=1S/C14H14ClN5O2/c1-2-11-17-14-18-13(22)10(20(14)19-11)7-12(21)16-9-5-3-8(15)4-6-9/h3-6,10H,2,7H2,1H3,(H,16,21)(H,17,18,19,22). The van der Waals surface area contributed by atoms with Crippen molar-refractivity contribution in [1.82, 2.24) is 14.8 Å². The summed E-state index contributed by atoms with van der Waals surface area (Å²) < 4.78 is 1.47. The Kier molecular flexibility index (Phi) is 3.81. The highest BCUT2D eigenvalue weighted by Crippen LogP contribution is 2.25. The van der Waals surface area contributed by atoms with Crippen LogP contribution in [0.1, 0.15) is 25.2 Å². The van der Waals surface area contributed by atoms with Crippen LogP contribution in [0.15, 0.2) is 24.3 Å². The number of hydrogen-bond donors (Lipinski definition) is 2. The SMILES string of the molecule is CCc1nc2n(n1)C(CC(=O)Nc1ccc(Cl)cc1)C(=O)N2. The Labute approximate surface area is 131 Å². The maximum atomic E-state index is 12.1. The lowest BCUT2D eigenvalue weighted by Gasteiger charge is -2.09. The molecule has 0 radical (unpaired) electrons. The molecule has 1 aromatic carbocycles. The second-order valence-electron chi connectivity index (χ2n) is 4.91. The molecule has 0 saturated heterocycles. The van der Waals surface area contributed by atoms with Crippen LogP contribution in [0.5, 0.6) is 0 Å². The van der Waals surface area contributed by atoms with E-state index in [1.54, 1.807) is 24.3 Å². The van der Waals surface area contributed by atoms with Gasteiger partial charge in [-0.3, -0.25) is 14.9 Å². The number of rotatable bonds is 4. The molecule has 0 aliphatic carbocycles.